The molecule has 2 heterocycles. The lowest BCUT2D eigenvalue weighted by Gasteiger charge is -2.23. The van der Waals surface area contributed by atoms with Crippen molar-refractivity contribution in [3.8, 4) is 0 Å². The van der Waals surface area contributed by atoms with Gasteiger partial charge in [0.2, 0.25) is 0 Å². The van der Waals surface area contributed by atoms with Crippen LogP contribution >= 0.6 is 0 Å². The lowest BCUT2D eigenvalue weighted by molar-refractivity contribution is 0.235. The Morgan fingerprint density at radius 2 is 2.24 bits per heavy atom. The number of para-hydroxylation sites is 2. The van der Waals surface area contributed by atoms with E-state index in [2.05, 4.69) is 25.8 Å². The van der Waals surface area contributed by atoms with E-state index >= 15 is 0 Å². The summed E-state index contributed by atoms with van der Waals surface area (Å²) in [4.78, 5) is 26.9. The molecule has 0 spiro atoms. The molecule has 0 aliphatic heterocycles. The fourth-order valence-electron chi connectivity index (χ4n) is 3.39. The van der Waals surface area contributed by atoms with Crippen LogP contribution in [-0.4, -0.2) is 38.4 Å². The number of nitrogens with one attached hydrogen (secondary N) is 4. The third kappa shape index (κ3) is 3.15. The molecule has 3 aromatic rings. The first kappa shape index (κ1) is 15.5. The first-order valence-electron chi connectivity index (χ1n) is 8.44. The van der Waals surface area contributed by atoms with E-state index in [1.165, 1.54) is 5.56 Å². The average molecular weight is 340 g/mol. The topological polar surface area (TPSA) is 108 Å². The quantitative estimate of drug-likeness (QED) is 0.567. The van der Waals surface area contributed by atoms with E-state index in [4.69, 9.17) is 0 Å². The number of hydrogen-bond acceptors (Lipinski definition) is 3. The summed E-state index contributed by atoms with van der Waals surface area (Å²) in [6.07, 6.45) is 4.40. The maximum Gasteiger partial charge on any atom is 0.326 e. The number of imidazole rings is 1. The average Bonchev–Trinajstić information content (AvgIpc) is 3.19. The Morgan fingerprint density at radius 3 is 3.16 bits per heavy atom. The van der Waals surface area contributed by atoms with E-state index in [9.17, 15) is 9.59 Å². The Bertz CT molecular complexity index is 953. The Balaban J connectivity index is 1.31. The van der Waals surface area contributed by atoms with Gasteiger partial charge in [0, 0.05) is 24.8 Å². The smallest absolute Gasteiger partial charge is 0.326 e. The van der Waals surface area contributed by atoms with Crippen molar-refractivity contribution in [2.75, 3.05) is 6.54 Å². The summed E-state index contributed by atoms with van der Waals surface area (Å²) in [6, 6.07) is 7.42. The fraction of sp³-hybridized carbons (Fsp3) is 0.353. The Hall–Kier alpha value is -3.03. The van der Waals surface area contributed by atoms with Crippen LogP contribution in [0.5, 0.6) is 0 Å². The fourth-order valence-corrected chi connectivity index (χ4v) is 3.39. The predicted molar refractivity (Wildman–Crippen MR) is 93.5 cm³/mol. The molecule has 0 radical (unpaired) electrons. The lowest BCUT2D eigenvalue weighted by Crippen LogP contribution is -2.45. The molecule has 1 aliphatic rings. The van der Waals surface area contributed by atoms with Gasteiger partial charge in [-0.3, -0.25) is 9.67 Å². The zero-order valence-electron chi connectivity index (χ0n) is 13.7. The number of carbonyl (C=O) groups excluding carboxylic acids is 1. The number of amides is 2. The summed E-state index contributed by atoms with van der Waals surface area (Å²) in [5.41, 5.74) is 3.81. The van der Waals surface area contributed by atoms with Gasteiger partial charge in [0.15, 0.2) is 0 Å². The number of urea groups is 1. The minimum absolute atomic E-state index is 0.112. The van der Waals surface area contributed by atoms with Crippen LogP contribution in [0.1, 0.15) is 17.7 Å². The van der Waals surface area contributed by atoms with Crippen molar-refractivity contribution in [3.63, 3.8) is 0 Å². The molecular weight excluding hydrogens is 320 g/mol. The Labute approximate surface area is 143 Å². The van der Waals surface area contributed by atoms with Crippen molar-refractivity contribution in [1.82, 2.24) is 30.4 Å². The highest BCUT2D eigenvalue weighted by molar-refractivity contribution is 5.75. The van der Waals surface area contributed by atoms with Crippen LogP contribution in [0.15, 0.2) is 35.3 Å². The molecule has 2 aromatic heterocycles. The molecule has 8 heteroatoms. The van der Waals surface area contributed by atoms with Gasteiger partial charge in [-0.25, -0.2) is 9.59 Å². The van der Waals surface area contributed by atoms with Gasteiger partial charge < -0.3 is 15.6 Å². The van der Waals surface area contributed by atoms with Crippen LogP contribution in [0.3, 0.4) is 0 Å². The van der Waals surface area contributed by atoms with E-state index in [0.29, 0.717) is 13.1 Å². The second-order valence-electron chi connectivity index (χ2n) is 6.31. The summed E-state index contributed by atoms with van der Waals surface area (Å²) in [5.74, 6) is 0. The summed E-state index contributed by atoms with van der Waals surface area (Å²) >= 11 is 0. The van der Waals surface area contributed by atoms with Crippen LogP contribution in [0.25, 0.3) is 11.0 Å². The second kappa shape index (κ2) is 6.46. The molecule has 4 rings (SSSR count). The van der Waals surface area contributed by atoms with Gasteiger partial charge in [0.1, 0.15) is 0 Å². The number of carbonyl (C=O) groups is 1. The van der Waals surface area contributed by atoms with Gasteiger partial charge in [-0.05, 0) is 37.0 Å². The summed E-state index contributed by atoms with van der Waals surface area (Å²) in [7, 11) is 0. The normalized spacial score (nSPS) is 16.6. The minimum atomic E-state index is -0.204. The first-order chi connectivity index (χ1) is 12.2. The number of fused-ring (bicyclic) bond motifs is 2. The number of benzene rings is 1. The van der Waals surface area contributed by atoms with E-state index < -0.39 is 0 Å². The van der Waals surface area contributed by atoms with Gasteiger partial charge >= 0.3 is 11.7 Å². The van der Waals surface area contributed by atoms with E-state index in [1.807, 2.05) is 30.5 Å². The molecule has 0 fully saturated rings. The van der Waals surface area contributed by atoms with Crippen molar-refractivity contribution in [2.45, 2.75) is 31.8 Å². The Kier molecular flexibility index (Phi) is 4.01. The van der Waals surface area contributed by atoms with Crippen LogP contribution in [0, 0.1) is 0 Å². The molecule has 0 saturated heterocycles. The van der Waals surface area contributed by atoms with Gasteiger partial charge in [0.25, 0.3) is 0 Å². The van der Waals surface area contributed by atoms with Gasteiger partial charge in [-0.15, -0.1) is 0 Å². The minimum Gasteiger partial charge on any atom is -0.336 e. The molecule has 2 amide bonds. The monoisotopic (exact) mass is 340 g/mol. The van der Waals surface area contributed by atoms with Crippen molar-refractivity contribution in [2.24, 2.45) is 0 Å². The molecule has 1 atom stereocenters. The van der Waals surface area contributed by atoms with Gasteiger partial charge in [-0.1, -0.05) is 12.1 Å². The zero-order chi connectivity index (χ0) is 17.2. The second-order valence-corrected chi connectivity index (χ2v) is 6.31. The lowest BCUT2D eigenvalue weighted by atomic mass is 9.94. The maximum absolute atomic E-state index is 12.1. The number of aromatic amines is 2. The number of hydrogen-bond donors (Lipinski definition) is 4. The first-order valence-corrected chi connectivity index (χ1v) is 8.44. The molecule has 0 saturated carbocycles. The van der Waals surface area contributed by atoms with Crippen LogP contribution < -0.4 is 16.3 Å². The Morgan fingerprint density at radius 1 is 1.36 bits per heavy atom. The molecular formula is C17H20N6O2. The molecule has 4 N–H and O–H groups in total. The van der Waals surface area contributed by atoms with Crippen molar-refractivity contribution in [1.29, 1.82) is 0 Å². The predicted octanol–water partition coefficient (Wildman–Crippen LogP) is 0.909. The maximum atomic E-state index is 12.1. The molecule has 1 aromatic carbocycles. The molecule has 130 valence electrons. The molecule has 1 unspecified atom stereocenters. The highest BCUT2D eigenvalue weighted by atomic mass is 16.2. The van der Waals surface area contributed by atoms with Crippen LogP contribution in [0.4, 0.5) is 4.79 Å². The number of aromatic nitrogens is 4. The van der Waals surface area contributed by atoms with E-state index in [1.54, 1.807) is 4.57 Å². The zero-order valence-corrected chi connectivity index (χ0v) is 13.7. The number of aryl methyl sites for hydroxylation is 1. The third-order valence-electron chi connectivity index (χ3n) is 4.65. The largest absolute Gasteiger partial charge is 0.336 e. The van der Waals surface area contributed by atoms with E-state index in [0.717, 1.165) is 36.0 Å². The summed E-state index contributed by atoms with van der Waals surface area (Å²) < 4.78 is 1.63. The highest BCUT2D eigenvalue weighted by Crippen LogP contribution is 2.18. The number of H-pyrrole nitrogens is 2. The van der Waals surface area contributed by atoms with Crippen molar-refractivity contribution >= 4 is 17.1 Å². The molecule has 25 heavy (non-hydrogen) atoms. The van der Waals surface area contributed by atoms with Gasteiger partial charge in [0.05, 0.1) is 17.2 Å². The highest BCUT2D eigenvalue weighted by Gasteiger charge is 2.21. The molecule has 0 bridgehead atoms. The summed E-state index contributed by atoms with van der Waals surface area (Å²) in [5, 5.41) is 12.9. The van der Waals surface area contributed by atoms with E-state index in [-0.39, 0.29) is 17.8 Å². The third-order valence-corrected chi connectivity index (χ3v) is 4.65. The molecule has 1 aliphatic carbocycles. The van der Waals surface area contributed by atoms with Crippen LogP contribution in [0.2, 0.25) is 0 Å². The standard InChI is InChI=1S/C17H20N6O2/c24-16(20-12-5-6-13-11(9-12)10-19-22-13)18-7-8-23-15-4-2-1-3-14(15)21-17(23)25/h1-4,10,12H,5-9H2,(H,19,22)(H,21,25)(H2,18,20,24). The number of rotatable bonds is 4. The summed E-state index contributed by atoms with van der Waals surface area (Å²) in [6.45, 7) is 0.810. The SMILES string of the molecule is O=C(NCCn1c(=O)[nH]c2ccccc21)NC1CCc2[nH]ncc2C1. The van der Waals surface area contributed by atoms with Crippen molar-refractivity contribution in [3.05, 3.63) is 52.2 Å². The van der Waals surface area contributed by atoms with Gasteiger partial charge in [-0.2, -0.15) is 5.10 Å². The van der Waals surface area contributed by atoms with Crippen LogP contribution in [-0.2, 0) is 19.4 Å². The molecule has 8 nitrogen and oxygen atoms in total. The number of nitrogens with zero attached hydrogens (tertiary/aromatic N) is 2. The van der Waals surface area contributed by atoms with Crippen molar-refractivity contribution < 1.29 is 4.79 Å².